The monoisotopic (exact) mass is 264 g/mol. The molecule has 0 aromatic heterocycles. The molecule has 0 saturated heterocycles. The number of rotatable bonds is 4. The Balaban J connectivity index is 2.15. The molecule has 0 radical (unpaired) electrons. The molecule has 0 atom stereocenters. The average Bonchev–Trinajstić information content (AvgIpc) is 2.89. The van der Waals surface area contributed by atoms with Gasteiger partial charge in [0, 0.05) is 11.4 Å². The van der Waals surface area contributed by atoms with E-state index in [9.17, 15) is 4.79 Å². The average molecular weight is 264 g/mol. The van der Waals surface area contributed by atoms with E-state index in [0.29, 0.717) is 6.54 Å². The van der Waals surface area contributed by atoms with E-state index in [1.807, 2.05) is 30.5 Å². The minimum atomic E-state index is -0.342. The Morgan fingerprint density at radius 1 is 1.39 bits per heavy atom. The number of hydrogen-bond acceptors (Lipinski definition) is 3. The highest BCUT2D eigenvalue weighted by Gasteiger charge is 2.39. The Labute approximate surface area is 113 Å². The largest absolute Gasteiger partial charge is 0.329 e. The van der Waals surface area contributed by atoms with Crippen molar-refractivity contribution in [3.8, 4) is 0 Å². The van der Waals surface area contributed by atoms with Crippen LogP contribution >= 0.6 is 11.8 Å². The van der Waals surface area contributed by atoms with Gasteiger partial charge in [0.15, 0.2) is 0 Å². The summed E-state index contributed by atoms with van der Waals surface area (Å²) < 4.78 is 0. The van der Waals surface area contributed by atoms with E-state index in [1.54, 1.807) is 11.8 Å². The van der Waals surface area contributed by atoms with Crippen molar-refractivity contribution in [1.82, 2.24) is 0 Å². The van der Waals surface area contributed by atoms with Crippen molar-refractivity contribution in [1.29, 1.82) is 0 Å². The summed E-state index contributed by atoms with van der Waals surface area (Å²) in [6.07, 6.45) is 6.05. The van der Waals surface area contributed by atoms with Crippen LogP contribution in [0.2, 0.25) is 0 Å². The van der Waals surface area contributed by atoms with Crippen LogP contribution in [0.25, 0.3) is 0 Å². The fraction of sp³-hybridized carbons (Fsp3) is 0.500. The van der Waals surface area contributed by atoms with Crippen molar-refractivity contribution >= 4 is 23.4 Å². The molecule has 0 bridgehead atoms. The van der Waals surface area contributed by atoms with Gasteiger partial charge < -0.3 is 11.1 Å². The molecule has 0 aliphatic heterocycles. The summed E-state index contributed by atoms with van der Waals surface area (Å²) in [6, 6.07) is 7.89. The van der Waals surface area contributed by atoms with Crippen LogP contribution in [0.5, 0.6) is 0 Å². The van der Waals surface area contributed by atoms with Crippen LogP contribution in [-0.2, 0) is 4.79 Å². The van der Waals surface area contributed by atoms with Crippen LogP contribution in [0.4, 0.5) is 5.69 Å². The fourth-order valence-corrected chi connectivity index (χ4v) is 3.13. The van der Waals surface area contributed by atoms with Gasteiger partial charge in [0.1, 0.15) is 0 Å². The smallest absolute Gasteiger partial charge is 0.231 e. The maximum atomic E-state index is 12.4. The number of anilines is 1. The molecule has 4 heteroatoms. The van der Waals surface area contributed by atoms with E-state index < -0.39 is 0 Å². The molecule has 1 aliphatic rings. The maximum Gasteiger partial charge on any atom is 0.231 e. The molecule has 1 aliphatic carbocycles. The topological polar surface area (TPSA) is 55.1 Å². The molecular weight excluding hydrogens is 244 g/mol. The second-order valence-corrected chi connectivity index (χ2v) is 5.69. The van der Waals surface area contributed by atoms with Gasteiger partial charge in [-0.25, -0.2) is 0 Å². The normalized spacial score (nSPS) is 17.7. The summed E-state index contributed by atoms with van der Waals surface area (Å²) >= 11 is 1.64. The van der Waals surface area contributed by atoms with Crippen molar-refractivity contribution < 1.29 is 4.79 Å². The van der Waals surface area contributed by atoms with Crippen molar-refractivity contribution in [2.24, 2.45) is 11.1 Å². The summed E-state index contributed by atoms with van der Waals surface area (Å²) in [5, 5.41) is 3.06. The molecule has 0 spiro atoms. The molecule has 1 fully saturated rings. The zero-order valence-electron chi connectivity index (χ0n) is 10.7. The fourth-order valence-electron chi connectivity index (χ4n) is 2.58. The van der Waals surface area contributed by atoms with E-state index in [1.165, 1.54) is 0 Å². The lowest BCUT2D eigenvalue weighted by Gasteiger charge is -2.26. The van der Waals surface area contributed by atoms with Gasteiger partial charge >= 0.3 is 0 Å². The van der Waals surface area contributed by atoms with E-state index in [2.05, 4.69) is 5.32 Å². The number of benzene rings is 1. The third kappa shape index (κ3) is 2.54. The van der Waals surface area contributed by atoms with Gasteiger partial charge in [0.05, 0.1) is 11.1 Å². The number of carbonyl (C=O) groups is 1. The zero-order valence-corrected chi connectivity index (χ0v) is 11.6. The number of hydrogen-bond donors (Lipinski definition) is 2. The van der Waals surface area contributed by atoms with Gasteiger partial charge in [-0.3, -0.25) is 4.79 Å². The molecule has 1 aromatic rings. The van der Waals surface area contributed by atoms with Gasteiger partial charge in [-0.15, -0.1) is 11.8 Å². The second kappa shape index (κ2) is 5.76. The Morgan fingerprint density at radius 2 is 2.06 bits per heavy atom. The molecular formula is C14H20N2OS. The van der Waals surface area contributed by atoms with Gasteiger partial charge in [-0.1, -0.05) is 25.0 Å². The van der Waals surface area contributed by atoms with Gasteiger partial charge in [0.2, 0.25) is 5.91 Å². The molecule has 1 saturated carbocycles. The Hall–Kier alpha value is -1.00. The third-order valence-electron chi connectivity index (χ3n) is 3.79. The molecule has 1 amide bonds. The van der Waals surface area contributed by atoms with Crippen LogP contribution in [0.15, 0.2) is 29.2 Å². The first-order valence-electron chi connectivity index (χ1n) is 6.36. The minimum Gasteiger partial charge on any atom is -0.329 e. The predicted octanol–water partition coefficient (Wildman–Crippen LogP) is 2.87. The third-order valence-corrected chi connectivity index (χ3v) is 4.58. The Kier molecular flexibility index (Phi) is 4.30. The summed E-state index contributed by atoms with van der Waals surface area (Å²) in [5.74, 6) is 0.0870. The molecule has 2 rings (SSSR count). The lowest BCUT2D eigenvalue weighted by molar-refractivity contribution is -0.124. The predicted molar refractivity (Wildman–Crippen MR) is 76.8 cm³/mol. The highest BCUT2D eigenvalue weighted by atomic mass is 32.2. The van der Waals surface area contributed by atoms with Crippen LogP contribution < -0.4 is 11.1 Å². The summed E-state index contributed by atoms with van der Waals surface area (Å²) in [5.41, 5.74) is 6.38. The Morgan fingerprint density at radius 3 is 2.67 bits per heavy atom. The van der Waals surface area contributed by atoms with Gasteiger partial charge in [-0.2, -0.15) is 0 Å². The molecule has 18 heavy (non-hydrogen) atoms. The summed E-state index contributed by atoms with van der Waals surface area (Å²) in [4.78, 5) is 13.5. The molecule has 3 N–H and O–H groups in total. The quantitative estimate of drug-likeness (QED) is 0.822. The SMILES string of the molecule is CSc1ccccc1NC(=O)C1(CN)CCCC1. The lowest BCUT2D eigenvalue weighted by atomic mass is 9.85. The highest BCUT2D eigenvalue weighted by molar-refractivity contribution is 7.98. The lowest BCUT2D eigenvalue weighted by Crippen LogP contribution is -2.40. The molecule has 0 unspecified atom stereocenters. The standard InChI is InChI=1S/C14H20N2OS/c1-18-12-7-3-2-6-11(12)16-13(17)14(10-15)8-4-5-9-14/h2-3,6-7H,4-5,8-10,15H2,1H3,(H,16,17). The first kappa shape index (κ1) is 13.4. The maximum absolute atomic E-state index is 12.4. The van der Waals surface area contributed by atoms with Crippen molar-refractivity contribution in [2.75, 3.05) is 18.1 Å². The summed E-state index contributed by atoms with van der Waals surface area (Å²) in [7, 11) is 0. The van der Waals surface area contributed by atoms with Gasteiger partial charge in [-0.05, 0) is 31.2 Å². The second-order valence-electron chi connectivity index (χ2n) is 4.85. The Bertz CT molecular complexity index is 428. The molecule has 98 valence electrons. The molecule has 0 heterocycles. The first-order chi connectivity index (χ1) is 8.72. The van der Waals surface area contributed by atoms with Crippen molar-refractivity contribution in [3.05, 3.63) is 24.3 Å². The van der Waals surface area contributed by atoms with Crippen LogP contribution in [0, 0.1) is 5.41 Å². The number of carbonyl (C=O) groups excluding carboxylic acids is 1. The van der Waals surface area contributed by atoms with Crippen LogP contribution in [-0.4, -0.2) is 18.7 Å². The zero-order chi connectivity index (χ0) is 13.0. The number of thioether (sulfide) groups is 1. The number of nitrogens with one attached hydrogen (secondary N) is 1. The number of nitrogens with two attached hydrogens (primary N) is 1. The first-order valence-corrected chi connectivity index (χ1v) is 7.59. The van der Waals surface area contributed by atoms with E-state index in [4.69, 9.17) is 5.73 Å². The van der Waals surface area contributed by atoms with E-state index in [0.717, 1.165) is 36.3 Å². The van der Waals surface area contributed by atoms with Crippen molar-refractivity contribution in [2.45, 2.75) is 30.6 Å². The van der Waals surface area contributed by atoms with E-state index in [-0.39, 0.29) is 11.3 Å². The van der Waals surface area contributed by atoms with Crippen LogP contribution in [0.1, 0.15) is 25.7 Å². The van der Waals surface area contributed by atoms with Crippen molar-refractivity contribution in [3.63, 3.8) is 0 Å². The summed E-state index contributed by atoms with van der Waals surface area (Å²) in [6.45, 7) is 0.445. The highest BCUT2D eigenvalue weighted by Crippen LogP contribution is 2.38. The van der Waals surface area contributed by atoms with Crippen LogP contribution in [0.3, 0.4) is 0 Å². The molecule has 3 nitrogen and oxygen atoms in total. The number of para-hydroxylation sites is 1. The molecule has 1 aromatic carbocycles. The minimum absolute atomic E-state index is 0.0870. The van der Waals surface area contributed by atoms with E-state index >= 15 is 0 Å². The van der Waals surface area contributed by atoms with Gasteiger partial charge in [0.25, 0.3) is 0 Å². The number of amides is 1.